The van der Waals surface area contributed by atoms with Gasteiger partial charge in [0.25, 0.3) is 0 Å². The molecule has 0 fully saturated rings. The molecule has 2 N–H and O–H groups in total. The van der Waals surface area contributed by atoms with Gasteiger partial charge in [-0.2, -0.15) is 0 Å². The van der Waals surface area contributed by atoms with Crippen molar-refractivity contribution in [3.63, 3.8) is 0 Å². The van der Waals surface area contributed by atoms with Gasteiger partial charge >= 0.3 is 0 Å². The van der Waals surface area contributed by atoms with Gasteiger partial charge in [-0.25, -0.2) is 0 Å². The van der Waals surface area contributed by atoms with Gasteiger partial charge in [0, 0.05) is 14.2 Å². The van der Waals surface area contributed by atoms with E-state index in [9.17, 15) is 4.79 Å². The van der Waals surface area contributed by atoms with E-state index in [1.54, 1.807) is 21.1 Å². The minimum absolute atomic E-state index is 0.393. The average Bonchev–Trinajstić information content (AvgIpc) is 2.42. The zero-order valence-corrected chi connectivity index (χ0v) is 11.7. The molecule has 1 unspecified atom stereocenters. The molecule has 4 nitrogen and oxygen atoms in total. The van der Waals surface area contributed by atoms with E-state index in [4.69, 9.17) is 10.5 Å². The highest BCUT2D eigenvalue weighted by atomic mass is 16.5. The Morgan fingerprint density at radius 2 is 1.89 bits per heavy atom. The van der Waals surface area contributed by atoms with Gasteiger partial charge in [0.15, 0.2) is 0 Å². The van der Waals surface area contributed by atoms with Crippen LogP contribution in [0.25, 0.3) is 0 Å². The van der Waals surface area contributed by atoms with Crippen molar-refractivity contribution >= 4 is 6.29 Å². The molecule has 0 aliphatic carbocycles. The molecule has 104 valence electrons. The molecule has 1 aromatic carbocycles. The van der Waals surface area contributed by atoms with E-state index in [1.165, 1.54) is 0 Å². The maximum atomic E-state index is 10.4. The molecule has 1 rings (SSSR count). The summed E-state index contributed by atoms with van der Waals surface area (Å²) in [5.41, 5.74) is 6.55. The SMILES string of the molecule is CC#CCOc1ccc(CC(N)C=O)cc1.COC. The molecule has 0 radical (unpaired) electrons. The first kappa shape index (κ1) is 17.2. The second-order valence-electron chi connectivity index (χ2n) is 3.77. The number of carbonyl (C=O) groups excluding carboxylic acids is 1. The third-order valence-electron chi connectivity index (χ3n) is 2.06. The largest absolute Gasteiger partial charge is 0.481 e. The average molecular weight is 263 g/mol. The number of rotatable bonds is 5. The van der Waals surface area contributed by atoms with Gasteiger partial charge in [0.05, 0.1) is 6.04 Å². The highest BCUT2D eigenvalue weighted by molar-refractivity contribution is 5.57. The molecule has 0 saturated carbocycles. The zero-order valence-electron chi connectivity index (χ0n) is 11.7. The number of aldehydes is 1. The predicted octanol–water partition coefficient (Wildman–Crippen LogP) is 1.42. The van der Waals surface area contributed by atoms with Crippen LogP contribution in [-0.2, 0) is 16.0 Å². The highest BCUT2D eigenvalue weighted by Gasteiger charge is 2.01. The van der Waals surface area contributed by atoms with Gasteiger partial charge in [0.1, 0.15) is 18.6 Å². The second kappa shape index (κ2) is 11.3. The first-order valence-electron chi connectivity index (χ1n) is 5.90. The standard InChI is InChI=1S/C13H15NO2.C2H6O/c1-2-3-8-16-13-6-4-11(5-7-13)9-12(14)10-15;1-3-2/h4-7,10,12H,8-9,14H2,1H3;1-2H3. The lowest BCUT2D eigenvalue weighted by Crippen LogP contribution is -2.23. The number of carbonyl (C=O) groups is 1. The summed E-state index contributed by atoms with van der Waals surface area (Å²) in [5, 5.41) is 0. The van der Waals surface area contributed by atoms with E-state index in [0.717, 1.165) is 17.6 Å². The monoisotopic (exact) mass is 263 g/mol. The number of benzene rings is 1. The van der Waals surface area contributed by atoms with Crippen LogP contribution in [0.5, 0.6) is 5.75 Å². The van der Waals surface area contributed by atoms with Crippen LogP contribution in [0.2, 0.25) is 0 Å². The van der Waals surface area contributed by atoms with Crippen LogP contribution in [0.4, 0.5) is 0 Å². The fourth-order valence-electron chi connectivity index (χ4n) is 1.23. The maximum Gasteiger partial charge on any atom is 0.149 e. The minimum atomic E-state index is -0.433. The number of hydrogen-bond donors (Lipinski definition) is 1. The molecular formula is C15H21NO3. The highest BCUT2D eigenvalue weighted by Crippen LogP contribution is 2.12. The van der Waals surface area contributed by atoms with Crippen molar-refractivity contribution in [2.45, 2.75) is 19.4 Å². The Morgan fingerprint density at radius 1 is 1.32 bits per heavy atom. The second-order valence-corrected chi connectivity index (χ2v) is 3.77. The van der Waals surface area contributed by atoms with Crippen LogP contribution in [0, 0.1) is 11.8 Å². The van der Waals surface area contributed by atoms with Crippen LogP contribution >= 0.6 is 0 Å². The van der Waals surface area contributed by atoms with Crippen molar-refractivity contribution in [3.8, 4) is 17.6 Å². The van der Waals surface area contributed by atoms with E-state index >= 15 is 0 Å². The quantitative estimate of drug-likeness (QED) is 0.644. The molecule has 0 saturated heterocycles. The van der Waals surface area contributed by atoms with Crippen LogP contribution in [0.15, 0.2) is 24.3 Å². The van der Waals surface area contributed by atoms with Gasteiger partial charge in [-0.3, -0.25) is 0 Å². The predicted molar refractivity (Wildman–Crippen MR) is 76.1 cm³/mol. The number of methoxy groups -OCH3 is 1. The van der Waals surface area contributed by atoms with Gasteiger partial charge in [-0.05, 0) is 31.0 Å². The Hall–Kier alpha value is -1.83. The molecule has 0 spiro atoms. The summed E-state index contributed by atoms with van der Waals surface area (Å²) in [4.78, 5) is 10.4. The summed E-state index contributed by atoms with van der Waals surface area (Å²) in [6, 6.07) is 7.07. The topological polar surface area (TPSA) is 61.5 Å². The molecule has 1 atom stereocenters. The first-order chi connectivity index (χ1) is 9.17. The molecule has 0 bridgehead atoms. The molecular weight excluding hydrogens is 242 g/mol. The fraction of sp³-hybridized carbons (Fsp3) is 0.400. The summed E-state index contributed by atoms with van der Waals surface area (Å²) in [6.07, 6.45) is 1.31. The Balaban J connectivity index is 0.000000982. The van der Waals surface area contributed by atoms with Gasteiger partial charge in [-0.15, -0.1) is 5.92 Å². The summed E-state index contributed by atoms with van der Waals surface area (Å²) < 4.78 is 9.61. The molecule has 0 heterocycles. The fourth-order valence-corrected chi connectivity index (χ4v) is 1.23. The van der Waals surface area contributed by atoms with E-state index in [2.05, 4.69) is 16.6 Å². The molecule has 0 aromatic heterocycles. The van der Waals surface area contributed by atoms with Crippen LogP contribution < -0.4 is 10.5 Å². The van der Waals surface area contributed by atoms with Crippen LogP contribution in [0.1, 0.15) is 12.5 Å². The van der Waals surface area contributed by atoms with E-state index in [-0.39, 0.29) is 0 Å². The summed E-state index contributed by atoms with van der Waals surface area (Å²) >= 11 is 0. The third kappa shape index (κ3) is 8.83. The summed E-state index contributed by atoms with van der Waals surface area (Å²) in [6.45, 7) is 2.16. The third-order valence-corrected chi connectivity index (χ3v) is 2.06. The normalized spacial score (nSPS) is 10.3. The Morgan fingerprint density at radius 3 is 2.37 bits per heavy atom. The number of hydrogen-bond acceptors (Lipinski definition) is 4. The van der Waals surface area contributed by atoms with Crippen molar-refractivity contribution in [2.75, 3.05) is 20.8 Å². The molecule has 1 aromatic rings. The Labute approximate surface area is 114 Å². The van der Waals surface area contributed by atoms with Crippen molar-refractivity contribution in [1.82, 2.24) is 0 Å². The van der Waals surface area contributed by atoms with Gasteiger partial charge in [-0.1, -0.05) is 18.1 Å². The van der Waals surface area contributed by atoms with Crippen LogP contribution in [0.3, 0.4) is 0 Å². The van der Waals surface area contributed by atoms with Crippen molar-refractivity contribution in [2.24, 2.45) is 5.73 Å². The minimum Gasteiger partial charge on any atom is -0.481 e. The van der Waals surface area contributed by atoms with Crippen molar-refractivity contribution in [3.05, 3.63) is 29.8 Å². The lowest BCUT2D eigenvalue weighted by molar-refractivity contribution is -0.108. The lowest BCUT2D eigenvalue weighted by atomic mass is 10.1. The first-order valence-corrected chi connectivity index (χ1v) is 5.90. The van der Waals surface area contributed by atoms with E-state index in [0.29, 0.717) is 13.0 Å². The van der Waals surface area contributed by atoms with E-state index < -0.39 is 6.04 Å². The molecule has 4 heteroatoms. The number of ether oxygens (including phenoxy) is 2. The van der Waals surface area contributed by atoms with E-state index in [1.807, 2.05) is 24.3 Å². The van der Waals surface area contributed by atoms with Crippen LogP contribution in [-0.4, -0.2) is 33.2 Å². The Bertz CT molecular complexity index is 404. The number of nitrogens with two attached hydrogens (primary N) is 1. The van der Waals surface area contributed by atoms with Gasteiger partial charge in [0.2, 0.25) is 0 Å². The zero-order chi connectivity index (χ0) is 14.5. The molecule has 0 amide bonds. The van der Waals surface area contributed by atoms with Crippen molar-refractivity contribution in [1.29, 1.82) is 0 Å². The van der Waals surface area contributed by atoms with Gasteiger partial charge < -0.3 is 20.0 Å². The summed E-state index contributed by atoms with van der Waals surface area (Å²) in [5.74, 6) is 6.34. The molecule has 19 heavy (non-hydrogen) atoms. The summed E-state index contributed by atoms with van der Waals surface area (Å²) in [7, 11) is 3.25. The molecule has 0 aliphatic rings. The lowest BCUT2D eigenvalue weighted by Gasteiger charge is -2.06. The molecule has 0 aliphatic heterocycles. The van der Waals surface area contributed by atoms with Crippen molar-refractivity contribution < 1.29 is 14.3 Å². The smallest absolute Gasteiger partial charge is 0.149 e. The maximum absolute atomic E-state index is 10.4. The Kier molecular flexibility index (Phi) is 10.2.